The summed E-state index contributed by atoms with van der Waals surface area (Å²) in [5.74, 6) is 0.850. The Morgan fingerprint density at radius 1 is 1.27 bits per heavy atom. The second-order valence-electron chi connectivity index (χ2n) is 6.45. The van der Waals surface area contributed by atoms with Crippen LogP contribution < -0.4 is 9.46 Å². The molecule has 0 saturated carbocycles. The summed E-state index contributed by atoms with van der Waals surface area (Å²) in [4.78, 5) is 0.123. The molecule has 0 bridgehead atoms. The Bertz CT molecular complexity index is 900. The highest BCUT2D eigenvalue weighted by Gasteiger charge is 2.20. The Balaban J connectivity index is 1.74. The van der Waals surface area contributed by atoms with Crippen LogP contribution in [0.5, 0.6) is 5.75 Å². The lowest BCUT2D eigenvalue weighted by Gasteiger charge is -2.14. The van der Waals surface area contributed by atoms with Crippen LogP contribution in [0.25, 0.3) is 11.3 Å². The van der Waals surface area contributed by atoms with Gasteiger partial charge in [-0.1, -0.05) is 16.8 Å². The molecule has 1 aliphatic carbocycles. The minimum Gasteiger partial charge on any atom is -0.495 e. The van der Waals surface area contributed by atoms with Crippen molar-refractivity contribution in [1.82, 2.24) is 9.88 Å². The smallest absolute Gasteiger partial charge is 0.244 e. The largest absolute Gasteiger partial charge is 0.495 e. The fraction of sp³-hybridized carbons (Fsp3) is 0.421. The van der Waals surface area contributed by atoms with Crippen molar-refractivity contribution in [2.75, 3.05) is 13.7 Å². The maximum atomic E-state index is 12.7. The van der Waals surface area contributed by atoms with Crippen molar-refractivity contribution in [3.05, 3.63) is 41.6 Å². The molecule has 140 valence electrons. The molecule has 1 aliphatic rings. The quantitative estimate of drug-likeness (QED) is 0.743. The lowest BCUT2D eigenvalue weighted by Crippen LogP contribution is -2.25. The first-order valence-corrected chi connectivity index (χ1v) is 10.3. The van der Waals surface area contributed by atoms with Crippen LogP contribution in [0.4, 0.5) is 0 Å². The molecule has 2 aromatic rings. The summed E-state index contributed by atoms with van der Waals surface area (Å²) in [5.41, 5.74) is 2.81. The van der Waals surface area contributed by atoms with Gasteiger partial charge in [0.1, 0.15) is 10.6 Å². The molecule has 3 rings (SSSR count). The standard InChI is InChI=1S/C19H24N2O4S/c1-14-12-17(25-21-14)16-8-9-19(18(13-16)24-2)26(22,23)20-11-10-15-6-4-3-5-7-15/h6,8-9,12-13,20H,3-5,7,10-11H2,1-2H3. The maximum absolute atomic E-state index is 12.7. The number of methoxy groups -OCH3 is 1. The van der Waals surface area contributed by atoms with E-state index in [0.717, 1.165) is 25.0 Å². The van der Waals surface area contributed by atoms with Gasteiger partial charge in [-0.15, -0.1) is 0 Å². The zero-order chi connectivity index (χ0) is 18.6. The van der Waals surface area contributed by atoms with Crippen LogP contribution in [-0.4, -0.2) is 27.2 Å². The molecular weight excluding hydrogens is 352 g/mol. The molecule has 1 N–H and O–H groups in total. The number of nitrogens with one attached hydrogen (secondary N) is 1. The molecule has 0 aliphatic heterocycles. The molecule has 6 nitrogen and oxygen atoms in total. The molecule has 1 aromatic heterocycles. The summed E-state index contributed by atoms with van der Waals surface area (Å²) in [7, 11) is -2.19. The summed E-state index contributed by atoms with van der Waals surface area (Å²) in [6.45, 7) is 2.22. The van der Waals surface area contributed by atoms with Crippen molar-refractivity contribution in [2.24, 2.45) is 0 Å². The summed E-state index contributed by atoms with van der Waals surface area (Å²) in [6, 6.07) is 6.67. The average molecular weight is 376 g/mol. The van der Waals surface area contributed by atoms with E-state index in [1.54, 1.807) is 18.2 Å². The predicted octanol–water partition coefficient (Wildman–Crippen LogP) is 3.83. The van der Waals surface area contributed by atoms with Gasteiger partial charge >= 0.3 is 0 Å². The highest BCUT2D eigenvalue weighted by atomic mass is 32.2. The number of hydrogen-bond donors (Lipinski definition) is 1. The Labute approximate surface area is 154 Å². The zero-order valence-electron chi connectivity index (χ0n) is 15.1. The summed E-state index contributed by atoms with van der Waals surface area (Å²) in [6.07, 6.45) is 7.55. The number of hydrogen-bond acceptors (Lipinski definition) is 5. The third kappa shape index (κ3) is 4.34. The van der Waals surface area contributed by atoms with Crippen molar-refractivity contribution in [1.29, 1.82) is 0 Å². The van der Waals surface area contributed by atoms with Gasteiger partial charge in [-0.3, -0.25) is 0 Å². The molecule has 0 atom stereocenters. The summed E-state index contributed by atoms with van der Waals surface area (Å²) in [5, 5.41) is 3.85. The third-order valence-electron chi connectivity index (χ3n) is 4.49. The van der Waals surface area contributed by atoms with E-state index in [4.69, 9.17) is 9.26 Å². The number of aromatic nitrogens is 1. The molecule has 0 spiro atoms. The van der Waals surface area contributed by atoms with Crippen LogP contribution in [0.1, 0.15) is 37.8 Å². The second kappa shape index (κ2) is 8.05. The first kappa shape index (κ1) is 18.7. The average Bonchev–Trinajstić information content (AvgIpc) is 3.08. The van der Waals surface area contributed by atoms with Crippen molar-refractivity contribution >= 4 is 10.0 Å². The molecule has 26 heavy (non-hydrogen) atoms. The van der Waals surface area contributed by atoms with Gasteiger partial charge in [-0.2, -0.15) is 0 Å². The Morgan fingerprint density at radius 3 is 2.77 bits per heavy atom. The number of sulfonamides is 1. The fourth-order valence-corrected chi connectivity index (χ4v) is 4.28. The van der Waals surface area contributed by atoms with Crippen molar-refractivity contribution in [3.63, 3.8) is 0 Å². The Hall–Kier alpha value is -2.12. The summed E-state index contributed by atoms with van der Waals surface area (Å²) >= 11 is 0. The maximum Gasteiger partial charge on any atom is 0.244 e. The number of ether oxygens (including phenoxy) is 1. The number of nitrogens with zero attached hydrogens (tertiary/aromatic N) is 1. The van der Waals surface area contributed by atoms with Crippen LogP contribution in [-0.2, 0) is 10.0 Å². The molecule has 0 saturated heterocycles. The van der Waals surface area contributed by atoms with Gasteiger partial charge in [0.2, 0.25) is 10.0 Å². The molecule has 0 radical (unpaired) electrons. The number of rotatable bonds is 7. The van der Waals surface area contributed by atoms with Crippen molar-refractivity contribution in [3.8, 4) is 17.1 Å². The fourth-order valence-electron chi connectivity index (χ4n) is 3.10. The van der Waals surface area contributed by atoms with Crippen molar-refractivity contribution in [2.45, 2.75) is 43.9 Å². The zero-order valence-corrected chi connectivity index (χ0v) is 15.9. The minimum absolute atomic E-state index is 0.123. The van der Waals surface area contributed by atoms with Gasteiger partial charge < -0.3 is 9.26 Å². The number of allylic oxidation sites excluding steroid dienone is 1. The highest BCUT2D eigenvalue weighted by Crippen LogP contribution is 2.30. The number of benzene rings is 1. The molecule has 1 aromatic carbocycles. The van der Waals surface area contributed by atoms with E-state index in [2.05, 4.69) is 16.0 Å². The van der Waals surface area contributed by atoms with E-state index < -0.39 is 10.0 Å². The molecule has 7 heteroatoms. The normalized spacial score (nSPS) is 14.9. The van der Waals surface area contributed by atoms with Gasteiger partial charge in [-0.25, -0.2) is 13.1 Å². The van der Waals surface area contributed by atoms with Gasteiger partial charge in [0.05, 0.1) is 12.8 Å². The SMILES string of the molecule is COc1cc(-c2cc(C)no2)ccc1S(=O)(=O)NCCC1=CCCCC1. The van der Waals surface area contributed by atoms with E-state index >= 15 is 0 Å². The lowest BCUT2D eigenvalue weighted by atomic mass is 9.97. The Morgan fingerprint density at radius 2 is 2.12 bits per heavy atom. The monoisotopic (exact) mass is 376 g/mol. The topological polar surface area (TPSA) is 81.4 Å². The van der Waals surface area contributed by atoms with E-state index in [9.17, 15) is 8.42 Å². The summed E-state index contributed by atoms with van der Waals surface area (Å²) < 4.78 is 38.5. The second-order valence-corrected chi connectivity index (χ2v) is 8.19. The van der Waals surface area contributed by atoms with Crippen molar-refractivity contribution < 1.29 is 17.7 Å². The highest BCUT2D eigenvalue weighted by molar-refractivity contribution is 7.89. The molecule has 1 heterocycles. The number of aryl methyl sites for hydroxylation is 1. The van der Waals surface area contributed by atoms with Gasteiger partial charge in [0.15, 0.2) is 5.76 Å². The van der Waals surface area contributed by atoms with E-state index in [1.165, 1.54) is 31.6 Å². The van der Waals surface area contributed by atoms with Gasteiger partial charge in [-0.05, 0) is 57.2 Å². The third-order valence-corrected chi connectivity index (χ3v) is 5.99. The lowest BCUT2D eigenvalue weighted by molar-refractivity contribution is 0.401. The van der Waals surface area contributed by atoms with E-state index in [0.29, 0.717) is 17.9 Å². The van der Waals surface area contributed by atoms with E-state index in [-0.39, 0.29) is 10.6 Å². The van der Waals surface area contributed by atoms with Crippen LogP contribution in [0.15, 0.2) is 45.3 Å². The Kier molecular flexibility index (Phi) is 5.78. The molecule has 0 fully saturated rings. The first-order chi connectivity index (χ1) is 12.5. The van der Waals surface area contributed by atoms with Gasteiger partial charge in [0.25, 0.3) is 0 Å². The molecule has 0 unspecified atom stereocenters. The first-order valence-electron chi connectivity index (χ1n) is 8.79. The predicted molar refractivity (Wildman–Crippen MR) is 99.6 cm³/mol. The minimum atomic E-state index is -3.65. The van der Waals surface area contributed by atoms with Crippen LogP contribution in [0.2, 0.25) is 0 Å². The molecule has 0 amide bonds. The van der Waals surface area contributed by atoms with Crippen LogP contribution >= 0.6 is 0 Å². The van der Waals surface area contributed by atoms with E-state index in [1.807, 2.05) is 6.92 Å². The van der Waals surface area contributed by atoms with Gasteiger partial charge in [0, 0.05) is 18.2 Å². The van der Waals surface area contributed by atoms with Crippen LogP contribution in [0.3, 0.4) is 0 Å². The molecular formula is C19H24N2O4S. The van der Waals surface area contributed by atoms with Crippen LogP contribution in [0, 0.1) is 6.92 Å².